The maximum absolute atomic E-state index is 11.5. The van der Waals surface area contributed by atoms with E-state index in [1.54, 1.807) is 12.4 Å². The molecule has 0 amide bonds. The molecule has 0 aliphatic carbocycles. The highest BCUT2D eigenvalue weighted by Gasteiger charge is 2.15. The minimum atomic E-state index is -3.14. The Morgan fingerprint density at radius 1 is 1.00 bits per heavy atom. The SMILES string of the molecule is Cc1ccc(Oc2ccc(Nc3ncnc4ccc(-c5ncc(CC(N)CS(C)(=O)=O)s5)cc34)cc2C)cn1. The third-order valence-electron chi connectivity index (χ3n) is 5.97. The summed E-state index contributed by atoms with van der Waals surface area (Å²) in [6.45, 7) is 3.92. The van der Waals surface area contributed by atoms with Crippen LogP contribution >= 0.6 is 11.3 Å². The van der Waals surface area contributed by atoms with Gasteiger partial charge in [-0.25, -0.2) is 23.4 Å². The number of sulfone groups is 1. The van der Waals surface area contributed by atoms with Crippen molar-refractivity contribution in [3.05, 3.63) is 83.4 Å². The second-order valence-corrected chi connectivity index (χ2v) is 12.8. The number of benzene rings is 2. The zero-order chi connectivity index (χ0) is 27.6. The lowest BCUT2D eigenvalue weighted by atomic mass is 10.1. The highest BCUT2D eigenvalue weighted by atomic mass is 32.2. The van der Waals surface area contributed by atoms with Gasteiger partial charge in [-0.1, -0.05) is 0 Å². The largest absolute Gasteiger partial charge is 0.455 e. The summed E-state index contributed by atoms with van der Waals surface area (Å²) in [7, 11) is -3.14. The highest BCUT2D eigenvalue weighted by Crippen LogP contribution is 2.33. The lowest BCUT2D eigenvalue weighted by Gasteiger charge is -2.13. The first-order valence-corrected chi connectivity index (χ1v) is 15.1. The number of nitrogens with zero attached hydrogens (tertiary/aromatic N) is 4. The molecule has 1 unspecified atom stereocenters. The van der Waals surface area contributed by atoms with Crippen LogP contribution in [0.1, 0.15) is 16.1 Å². The molecule has 39 heavy (non-hydrogen) atoms. The molecule has 1 atom stereocenters. The van der Waals surface area contributed by atoms with E-state index in [1.165, 1.54) is 23.9 Å². The average molecular weight is 561 g/mol. The number of hydrogen-bond acceptors (Lipinski definition) is 10. The van der Waals surface area contributed by atoms with Gasteiger partial charge in [0.15, 0.2) is 0 Å². The predicted molar refractivity (Wildman–Crippen MR) is 156 cm³/mol. The van der Waals surface area contributed by atoms with Gasteiger partial charge in [-0.05, 0) is 74.4 Å². The molecule has 0 radical (unpaired) electrons. The smallest absolute Gasteiger partial charge is 0.148 e. The monoisotopic (exact) mass is 560 g/mol. The molecule has 0 saturated heterocycles. The second-order valence-electron chi connectivity index (χ2n) is 9.49. The molecule has 0 aliphatic heterocycles. The van der Waals surface area contributed by atoms with Gasteiger partial charge in [-0.2, -0.15) is 0 Å². The maximum Gasteiger partial charge on any atom is 0.148 e. The van der Waals surface area contributed by atoms with Crippen molar-refractivity contribution in [2.24, 2.45) is 5.73 Å². The summed E-state index contributed by atoms with van der Waals surface area (Å²) in [4.78, 5) is 18.7. The number of nitrogens with one attached hydrogen (secondary N) is 1. The van der Waals surface area contributed by atoms with Crippen molar-refractivity contribution >= 4 is 43.6 Å². The molecular formula is C28H28N6O3S2. The molecule has 3 heterocycles. The van der Waals surface area contributed by atoms with E-state index in [1.807, 2.05) is 62.4 Å². The van der Waals surface area contributed by atoms with Crippen molar-refractivity contribution in [2.75, 3.05) is 17.3 Å². The Morgan fingerprint density at radius 3 is 2.59 bits per heavy atom. The van der Waals surface area contributed by atoms with Gasteiger partial charge in [-0.15, -0.1) is 11.3 Å². The van der Waals surface area contributed by atoms with E-state index in [0.717, 1.165) is 49.0 Å². The average Bonchev–Trinajstić information content (AvgIpc) is 3.34. The topological polar surface area (TPSA) is 133 Å². The van der Waals surface area contributed by atoms with E-state index in [9.17, 15) is 8.42 Å². The van der Waals surface area contributed by atoms with Crippen molar-refractivity contribution < 1.29 is 13.2 Å². The summed E-state index contributed by atoms with van der Waals surface area (Å²) in [5.74, 6) is 2.04. The van der Waals surface area contributed by atoms with Crippen molar-refractivity contribution in [2.45, 2.75) is 26.3 Å². The Morgan fingerprint density at radius 2 is 1.85 bits per heavy atom. The zero-order valence-corrected chi connectivity index (χ0v) is 23.4. The minimum absolute atomic E-state index is 0.0572. The van der Waals surface area contributed by atoms with Crippen molar-refractivity contribution in [1.29, 1.82) is 0 Å². The Balaban J connectivity index is 1.36. The van der Waals surface area contributed by atoms with Crippen LogP contribution < -0.4 is 15.8 Å². The molecule has 3 aromatic heterocycles. The number of rotatable bonds is 9. The van der Waals surface area contributed by atoms with Crippen molar-refractivity contribution in [1.82, 2.24) is 19.9 Å². The third kappa shape index (κ3) is 6.75. The molecule has 0 fully saturated rings. The Kier molecular flexibility index (Phi) is 7.56. The van der Waals surface area contributed by atoms with Crippen LogP contribution in [-0.2, 0) is 16.3 Å². The van der Waals surface area contributed by atoms with Crippen LogP contribution in [-0.4, -0.2) is 46.4 Å². The molecular weight excluding hydrogens is 532 g/mol. The first kappa shape index (κ1) is 26.7. The summed E-state index contributed by atoms with van der Waals surface area (Å²) in [6.07, 6.45) is 6.64. The highest BCUT2D eigenvalue weighted by molar-refractivity contribution is 7.90. The molecule has 5 aromatic rings. The summed E-state index contributed by atoms with van der Waals surface area (Å²) in [5.41, 5.74) is 10.5. The normalized spacial score (nSPS) is 12.4. The first-order valence-electron chi connectivity index (χ1n) is 12.2. The van der Waals surface area contributed by atoms with E-state index in [2.05, 4.69) is 25.3 Å². The standard InChI is InChI=1S/C28H28N6O3S2/c1-17-10-21(6-9-26(17)37-22-7-4-18(2)30-13-22)34-27-24-11-19(5-8-25(24)32-16-33-27)28-31-14-23(38-28)12-20(29)15-39(3,35)36/h4-11,13-14,16,20H,12,15,29H2,1-3H3,(H,32,33,34). The fraction of sp³-hybridized carbons (Fsp3) is 0.214. The number of aromatic nitrogens is 4. The number of thiazole rings is 1. The summed E-state index contributed by atoms with van der Waals surface area (Å²) < 4.78 is 29.1. The number of pyridine rings is 1. The van der Waals surface area contributed by atoms with Gasteiger partial charge in [0.1, 0.15) is 38.5 Å². The number of anilines is 2. The quantitative estimate of drug-likeness (QED) is 0.249. The Labute approximate surface area is 231 Å². The number of nitrogens with two attached hydrogens (primary N) is 1. The van der Waals surface area contributed by atoms with Crippen LogP contribution in [0.2, 0.25) is 0 Å². The first-order chi connectivity index (χ1) is 18.6. The van der Waals surface area contributed by atoms with Crippen LogP contribution in [0.3, 0.4) is 0 Å². The molecule has 5 rings (SSSR count). The van der Waals surface area contributed by atoms with Gasteiger partial charge in [0.2, 0.25) is 0 Å². The van der Waals surface area contributed by atoms with Crippen LogP contribution in [0, 0.1) is 13.8 Å². The second kappa shape index (κ2) is 11.0. The van der Waals surface area contributed by atoms with Crippen LogP contribution in [0.5, 0.6) is 11.5 Å². The lowest BCUT2D eigenvalue weighted by Crippen LogP contribution is -2.30. The third-order valence-corrected chi connectivity index (χ3v) is 8.07. The van der Waals surface area contributed by atoms with Gasteiger partial charge in [0.05, 0.1) is 17.5 Å². The number of hydrogen-bond donors (Lipinski definition) is 2. The number of ether oxygens (including phenoxy) is 1. The van der Waals surface area contributed by atoms with Crippen LogP contribution in [0.4, 0.5) is 11.5 Å². The Hall–Kier alpha value is -3.93. The van der Waals surface area contributed by atoms with Crippen molar-refractivity contribution in [3.63, 3.8) is 0 Å². The van der Waals surface area contributed by atoms with Gasteiger partial charge in [0.25, 0.3) is 0 Å². The summed E-state index contributed by atoms with van der Waals surface area (Å²) in [5, 5.41) is 5.08. The molecule has 11 heteroatoms. The molecule has 0 aliphatic rings. The minimum Gasteiger partial charge on any atom is -0.455 e. The summed E-state index contributed by atoms with van der Waals surface area (Å²) in [6, 6.07) is 15.1. The molecule has 0 saturated carbocycles. The van der Waals surface area contributed by atoms with Gasteiger partial charge >= 0.3 is 0 Å². The molecule has 0 bridgehead atoms. The fourth-order valence-corrected chi connectivity index (χ4v) is 6.05. The molecule has 9 nitrogen and oxygen atoms in total. The van der Waals surface area contributed by atoms with E-state index in [0.29, 0.717) is 18.0 Å². The zero-order valence-electron chi connectivity index (χ0n) is 21.7. The summed E-state index contributed by atoms with van der Waals surface area (Å²) >= 11 is 1.50. The fourth-order valence-electron chi connectivity index (χ4n) is 4.15. The molecule has 2 aromatic carbocycles. The predicted octanol–water partition coefficient (Wildman–Crippen LogP) is 5.22. The Bertz CT molecular complexity index is 1740. The maximum atomic E-state index is 11.5. The number of aryl methyl sites for hydroxylation is 2. The van der Waals surface area contributed by atoms with Crippen LogP contribution in [0.15, 0.2) is 67.3 Å². The van der Waals surface area contributed by atoms with Gasteiger partial charge < -0.3 is 15.8 Å². The lowest BCUT2D eigenvalue weighted by molar-refractivity contribution is 0.476. The van der Waals surface area contributed by atoms with E-state index < -0.39 is 15.9 Å². The number of fused-ring (bicyclic) bond motifs is 1. The van der Waals surface area contributed by atoms with Crippen molar-refractivity contribution in [3.8, 4) is 22.1 Å². The molecule has 0 spiro atoms. The van der Waals surface area contributed by atoms with Gasteiger partial charge in [-0.3, -0.25) is 4.98 Å². The van der Waals surface area contributed by atoms with Gasteiger partial charge in [0, 0.05) is 45.7 Å². The van der Waals surface area contributed by atoms with E-state index >= 15 is 0 Å². The van der Waals surface area contributed by atoms with E-state index in [4.69, 9.17) is 10.5 Å². The van der Waals surface area contributed by atoms with Crippen LogP contribution in [0.25, 0.3) is 21.5 Å². The molecule has 200 valence electrons. The molecule has 3 N–H and O–H groups in total. The van der Waals surface area contributed by atoms with E-state index in [-0.39, 0.29) is 5.75 Å².